The molecule has 6 heteroatoms. The summed E-state index contributed by atoms with van der Waals surface area (Å²) in [4.78, 5) is 23.9. The van der Waals surface area contributed by atoms with E-state index in [9.17, 15) is 9.59 Å². The van der Waals surface area contributed by atoms with Crippen molar-refractivity contribution in [3.8, 4) is 5.75 Å². The summed E-state index contributed by atoms with van der Waals surface area (Å²) in [6, 6.07) is 5.37. The molecule has 22 heavy (non-hydrogen) atoms. The Morgan fingerprint density at radius 1 is 1.41 bits per heavy atom. The zero-order valence-corrected chi connectivity index (χ0v) is 12.6. The van der Waals surface area contributed by atoms with E-state index in [-0.39, 0.29) is 23.8 Å². The quantitative estimate of drug-likeness (QED) is 0.777. The number of nitrogens with one attached hydrogen (secondary N) is 2. The lowest BCUT2D eigenvalue weighted by atomic mass is 9.85. The summed E-state index contributed by atoms with van der Waals surface area (Å²) in [6.45, 7) is 1.69. The first-order chi connectivity index (χ1) is 10.5. The van der Waals surface area contributed by atoms with Gasteiger partial charge in [0.15, 0.2) is 6.10 Å². The molecule has 4 N–H and O–H groups in total. The van der Waals surface area contributed by atoms with Crippen LogP contribution in [0.2, 0.25) is 0 Å². The molecule has 3 atom stereocenters. The Bertz CT molecular complexity index is 602. The van der Waals surface area contributed by atoms with Crippen LogP contribution >= 0.6 is 0 Å². The summed E-state index contributed by atoms with van der Waals surface area (Å²) in [5.74, 6) is 0.385. The standard InChI is InChI=1S/C16H21N3O3/c1-9-15(20)19-13-8-12(5-6-14(13)22-9)18-16(21)10-3-2-4-11(17)7-10/h5-6,8-11H,2-4,7,17H2,1H3,(H,18,21)(H,19,20). The third-order valence-corrected chi connectivity index (χ3v) is 4.26. The van der Waals surface area contributed by atoms with Gasteiger partial charge in [-0.15, -0.1) is 0 Å². The Kier molecular flexibility index (Phi) is 4.02. The van der Waals surface area contributed by atoms with E-state index in [1.54, 1.807) is 25.1 Å². The van der Waals surface area contributed by atoms with Crippen LogP contribution < -0.4 is 21.1 Å². The van der Waals surface area contributed by atoms with Gasteiger partial charge in [-0.05, 0) is 44.4 Å². The largest absolute Gasteiger partial charge is 0.479 e. The van der Waals surface area contributed by atoms with Crippen molar-refractivity contribution in [2.45, 2.75) is 44.8 Å². The molecule has 0 bridgehead atoms. The van der Waals surface area contributed by atoms with Crippen LogP contribution in [0, 0.1) is 5.92 Å². The molecule has 1 aliphatic carbocycles. The average Bonchev–Trinajstić information content (AvgIpc) is 2.49. The molecule has 1 aromatic rings. The van der Waals surface area contributed by atoms with Crippen molar-refractivity contribution < 1.29 is 14.3 Å². The summed E-state index contributed by atoms with van der Waals surface area (Å²) >= 11 is 0. The van der Waals surface area contributed by atoms with Crippen LogP contribution in [-0.2, 0) is 9.59 Å². The van der Waals surface area contributed by atoms with Gasteiger partial charge in [0.2, 0.25) is 5.91 Å². The normalized spacial score (nSPS) is 27.4. The lowest BCUT2D eigenvalue weighted by molar-refractivity contribution is -0.122. The second-order valence-corrected chi connectivity index (χ2v) is 6.07. The number of amides is 2. The third kappa shape index (κ3) is 3.06. The van der Waals surface area contributed by atoms with Crippen molar-refractivity contribution in [2.24, 2.45) is 11.7 Å². The summed E-state index contributed by atoms with van der Waals surface area (Å²) < 4.78 is 5.49. The lowest BCUT2D eigenvalue weighted by Crippen LogP contribution is -2.35. The van der Waals surface area contributed by atoms with Gasteiger partial charge in [-0.25, -0.2) is 0 Å². The van der Waals surface area contributed by atoms with Crippen LogP contribution in [0.4, 0.5) is 11.4 Å². The Labute approximate surface area is 129 Å². The zero-order valence-electron chi connectivity index (χ0n) is 12.6. The molecular formula is C16H21N3O3. The summed E-state index contributed by atoms with van der Waals surface area (Å²) in [7, 11) is 0. The molecule has 118 valence electrons. The maximum atomic E-state index is 12.3. The Balaban J connectivity index is 1.69. The van der Waals surface area contributed by atoms with E-state index < -0.39 is 6.10 Å². The highest BCUT2D eigenvalue weighted by atomic mass is 16.5. The van der Waals surface area contributed by atoms with Crippen molar-refractivity contribution in [3.05, 3.63) is 18.2 Å². The molecule has 0 spiro atoms. The fraction of sp³-hybridized carbons (Fsp3) is 0.500. The molecule has 3 rings (SSSR count). The number of hydrogen-bond donors (Lipinski definition) is 3. The summed E-state index contributed by atoms with van der Waals surface area (Å²) in [5, 5.41) is 5.68. The first-order valence-corrected chi connectivity index (χ1v) is 7.71. The first-order valence-electron chi connectivity index (χ1n) is 7.71. The van der Waals surface area contributed by atoms with Crippen LogP contribution in [0.25, 0.3) is 0 Å². The Morgan fingerprint density at radius 2 is 2.23 bits per heavy atom. The van der Waals surface area contributed by atoms with E-state index in [2.05, 4.69) is 10.6 Å². The molecule has 6 nitrogen and oxygen atoms in total. The van der Waals surface area contributed by atoms with Gasteiger partial charge in [0.1, 0.15) is 5.75 Å². The van der Waals surface area contributed by atoms with Gasteiger partial charge in [-0.1, -0.05) is 6.42 Å². The van der Waals surface area contributed by atoms with Gasteiger partial charge < -0.3 is 21.1 Å². The van der Waals surface area contributed by atoms with E-state index in [1.807, 2.05) is 0 Å². The van der Waals surface area contributed by atoms with Crippen molar-refractivity contribution in [2.75, 3.05) is 10.6 Å². The van der Waals surface area contributed by atoms with E-state index >= 15 is 0 Å². The second kappa shape index (κ2) is 5.96. The lowest BCUT2D eigenvalue weighted by Gasteiger charge is -2.26. The average molecular weight is 303 g/mol. The number of ether oxygens (including phenoxy) is 1. The molecule has 3 unspecified atom stereocenters. The summed E-state index contributed by atoms with van der Waals surface area (Å²) in [5.41, 5.74) is 7.17. The number of anilines is 2. The number of fused-ring (bicyclic) bond motifs is 1. The minimum Gasteiger partial charge on any atom is -0.479 e. The van der Waals surface area contributed by atoms with E-state index in [0.29, 0.717) is 17.1 Å². The maximum Gasteiger partial charge on any atom is 0.265 e. The maximum absolute atomic E-state index is 12.3. The topological polar surface area (TPSA) is 93.4 Å². The van der Waals surface area contributed by atoms with Gasteiger partial charge in [-0.2, -0.15) is 0 Å². The van der Waals surface area contributed by atoms with Crippen molar-refractivity contribution in [3.63, 3.8) is 0 Å². The van der Waals surface area contributed by atoms with Crippen LogP contribution in [-0.4, -0.2) is 24.0 Å². The van der Waals surface area contributed by atoms with Gasteiger partial charge in [-0.3, -0.25) is 9.59 Å². The van der Waals surface area contributed by atoms with Gasteiger partial charge >= 0.3 is 0 Å². The molecule has 2 amide bonds. The smallest absolute Gasteiger partial charge is 0.265 e. The molecule has 1 heterocycles. The monoisotopic (exact) mass is 303 g/mol. The third-order valence-electron chi connectivity index (χ3n) is 4.26. The van der Waals surface area contributed by atoms with E-state index in [0.717, 1.165) is 25.7 Å². The highest BCUT2D eigenvalue weighted by Gasteiger charge is 2.26. The first kappa shape index (κ1) is 14.8. The SMILES string of the molecule is CC1Oc2ccc(NC(=O)C3CCCC(N)C3)cc2NC1=O. The number of carbonyl (C=O) groups excluding carboxylic acids is 2. The van der Waals surface area contributed by atoms with Crippen LogP contribution in [0.1, 0.15) is 32.6 Å². The molecule has 1 fully saturated rings. The molecule has 0 radical (unpaired) electrons. The molecule has 1 saturated carbocycles. The predicted molar refractivity (Wildman–Crippen MR) is 83.7 cm³/mol. The van der Waals surface area contributed by atoms with Crippen molar-refractivity contribution in [1.82, 2.24) is 0 Å². The molecule has 1 aliphatic heterocycles. The molecule has 0 saturated heterocycles. The molecule has 0 aromatic heterocycles. The number of rotatable bonds is 2. The number of hydrogen-bond acceptors (Lipinski definition) is 4. The minimum absolute atomic E-state index is 0.00785. The van der Waals surface area contributed by atoms with Crippen LogP contribution in [0.3, 0.4) is 0 Å². The molecule has 1 aromatic carbocycles. The fourth-order valence-corrected chi connectivity index (χ4v) is 3.00. The van der Waals surface area contributed by atoms with Crippen LogP contribution in [0.15, 0.2) is 18.2 Å². The van der Waals surface area contributed by atoms with Crippen LogP contribution in [0.5, 0.6) is 5.75 Å². The van der Waals surface area contributed by atoms with E-state index in [1.165, 1.54) is 0 Å². The highest BCUT2D eigenvalue weighted by molar-refractivity contribution is 5.99. The highest BCUT2D eigenvalue weighted by Crippen LogP contribution is 2.32. The summed E-state index contributed by atoms with van der Waals surface area (Å²) in [6.07, 6.45) is 3.09. The second-order valence-electron chi connectivity index (χ2n) is 6.07. The number of carbonyl (C=O) groups is 2. The fourth-order valence-electron chi connectivity index (χ4n) is 3.00. The van der Waals surface area contributed by atoms with Gasteiger partial charge in [0.25, 0.3) is 5.91 Å². The van der Waals surface area contributed by atoms with Gasteiger partial charge in [0.05, 0.1) is 5.69 Å². The van der Waals surface area contributed by atoms with Crippen molar-refractivity contribution >= 4 is 23.2 Å². The predicted octanol–water partition coefficient (Wildman–Crippen LogP) is 1.86. The van der Waals surface area contributed by atoms with Gasteiger partial charge in [0, 0.05) is 17.6 Å². The van der Waals surface area contributed by atoms with Crippen molar-refractivity contribution in [1.29, 1.82) is 0 Å². The molecule has 2 aliphatic rings. The number of benzene rings is 1. The van der Waals surface area contributed by atoms with E-state index in [4.69, 9.17) is 10.5 Å². The Morgan fingerprint density at radius 3 is 3.00 bits per heavy atom. The minimum atomic E-state index is -0.503. The molecular weight excluding hydrogens is 282 g/mol. The Hall–Kier alpha value is -2.08. The number of nitrogens with two attached hydrogens (primary N) is 1. The zero-order chi connectivity index (χ0) is 15.7.